The van der Waals surface area contributed by atoms with Crippen molar-refractivity contribution in [2.75, 3.05) is 18.4 Å². The van der Waals surface area contributed by atoms with Crippen molar-refractivity contribution in [2.45, 2.75) is 72.1 Å². The molecule has 36 heavy (non-hydrogen) atoms. The van der Waals surface area contributed by atoms with Gasteiger partial charge >= 0.3 is 0 Å². The van der Waals surface area contributed by atoms with E-state index in [0.29, 0.717) is 34.8 Å². The van der Waals surface area contributed by atoms with Gasteiger partial charge in [-0.25, -0.2) is 4.98 Å². The number of hydrogen-bond acceptors (Lipinski definition) is 7. The lowest BCUT2D eigenvalue weighted by Gasteiger charge is -2.25. The van der Waals surface area contributed by atoms with Crippen LogP contribution in [-0.2, 0) is 24.2 Å². The van der Waals surface area contributed by atoms with Crippen molar-refractivity contribution in [1.82, 2.24) is 14.5 Å². The number of thiophene rings is 1. The first-order valence-corrected chi connectivity index (χ1v) is 13.6. The van der Waals surface area contributed by atoms with Crippen LogP contribution in [0, 0.1) is 0 Å². The van der Waals surface area contributed by atoms with E-state index in [1.165, 1.54) is 4.88 Å². The molecule has 2 unspecified atom stereocenters. The predicted molar refractivity (Wildman–Crippen MR) is 141 cm³/mol. The lowest BCUT2D eigenvalue weighted by molar-refractivity contribution is -0.122. The quantitative estimate of drug-likeness (QED) is 0.477. The maximum absolute atomic E-state index is 14.0. The highest BCUT2D eigenvalue weighted by atomic mass is 32.1. The molecule has 0 radical (unpaired) electrons. The SMILES string of the molecule is CCN(CC)Cc1nc2sc3c(c2c(=O)n1C(C)C(=O)c1ccc2c(c1)NC(=O)C(C)O2)CCCC3. The van der Waals surface area contributed by atoms with E-state index in [1.807, 2.05) is 0 Å². The molecule has 1 aromatic carbocycles. The first kappa shape index (κ1) is 24.6. The van der Waals surface area contributed by atoms with E-state index in [1.54, 1.807) is 48.0 Å². The van der Waals surface area contributed by atoms with E-state index < -0.39 is 12.1 Å². The Kier molecular flexibility index (Phi) is 6.70. The topological polar surface area (TPSA) is 93.5 Å². The van der Waals surface area contributed by atoms with Gasteiger partial charge < -0.3 is 10.1 Å². The van der Waals surface area contributed by atoms with Gasteiger partial charge in [-0.1, -0.05) is 13.8 Å². The van der Waals surface area contributed by atoms with Gasteiger partial charge in [0.2, 0.25) is 0 Å². The molecule has 8 nitrogen and oxygen atoms in total. The molecule has 1 amide bonds. The minimum Gasteiger partial charge on any atom is -0.479 e. The summed E-state index contributed by atoms with van der Waals surface area (Å²) in [7, 11) is 0. The molecule has 9 heteroatoms. The van der Waals surface area contributed by atoms with E-state index in [2.05, 4.69) is 24.1 Å². The number of aromatic nitrogens is 2. The van der Waals surface area contributed by atoms with E-state index in [0.717, 1.165) is 49.2 Å². The monoisotopic (exact) mass is 508 g/mol. The van der Waals surface area contributed by atoms with Gasteiger partial charge in [0.1, 0.15) is 16.4 Å². The summed E-state index contributed by atoms with van der Waals surface area (Å²) in [6, 6.07) is 4.26. The van der Waals surface area contributed by atoms with Crippen LogP contribution >= 0.6 is 11.3 Å². The summed E-state index contributed by atoms with van der Waals surface area (Å²) in [6.45, 7) is 9.71. The van der Waals surface area contributed by atoms with Crippen LogP contribution in [0.2, 0.25) is 0 Å². The van der Waals surface area contributed by atoms with E-state index in [4.69, 9.17) is 9.72 Å². The summed E-state index contributed by atoms with van der Waals surface area (Å²) in [6.07, 6.45) is 3.47. The van der Waals surface area contributed by atoms with Crippen molar-refractivity contribution in [3.05, 3.63) is 50.4 Å². The second kappa shape index (κ2) is 9.78. The molecule has 0 fully saturated rings. The van der Waals surface area contributed by atoms with Crippen LogP contribution in [0.1, 0.15) is 73.2 Å². The van der Waals surface area contributed by atoms with Crippen LogP contribution < -0.4 is 15.6 Å². The second-order valence-electron chi connectivity index (χ2n) is 9.56. The number of rotatable bonds is 7. The maximum Gasteiger partial charge on any atom is 0.265 e. The highest BCUT2D eigenvalue weighted by Gasteiger charge is 2.29. The lowest BCUT2D eigenvalue weighted by Crippen LogP contribution is -2.36. The minimum atomic E-state index is -0.753. The Morgan fingerprint density at radius 3 is 2.75 bits per heavy atom. The molecule has 3 heterocycles. The highest BCUT2D eigenvalue weighted by molar-refractivity contribution is 7.18. The van der Waals surface area contributed by atoms with Gasteiger partial charge in [0, 0.05) is 10.4 Å². The van der Waals surface area contributed by atoms with Crippen molar-refractivity contribution in [2.24, 2.45) is 0 Å². The van der Waals surface area contributed by atoms with Crippen LogP contribution in [0.25, 0.3) is 10.2 Å². The van der Waals surface area contributed by atoms with Crippen LogP contribution in [0.4, 0.5) is 5.69 Å². The summed E-state index contributed by atoms with van der Waals surface area (Å²) in [5.41, 5.74) is 1.86. The van der Waals surface area contributed by atoms with E-state index >= 15 is 0 Å². The second-order valence-corrected chi connectivity index (χ2v) is 10.6. The van der Waals surface area contributed by atoms with Crippen molar-refractivity contribution < 1.29 is 14.3 Å². The number of hydrogen-bond donors (Lipinski definition) is 1. The van der Waals surface area contributed by atoms with E-state index in [9.17, 15) is 14.4 Å². The molecular weight excluding hydrogens is 476 g/mol. The third kappa shape index (κ3) is 4.24. The lowest BCUT2D eigenvalue weighted by atomic mass is 9.97. The number of carbonyl (C=O) groups excluding carboxylic acids is 2. The van der Waals surface area contributed by atoms with Crippen LogP contribution in [0.5, 0.6) is 5.75 Å². The molecule has 1 aliphatic heterocycles. The fourth-order valence-corrected chi connectivity index (χ4v) is 6.41. The van der Waals surface area contributed by atoms with Crippen molar-refractivity contribution in [3.8, 4) is 5.75 Å². The summed E-state index contributed by atoms with van der Waals surface area (Å²) in [5.74, 6) is 0.673. The molecule has 1 aliphatic carbocycles. The Hall–Kier alpha value is -3.04. The largest absolute Gasteiger partial charge is 0.479 e. The van der Waals surface area contributed by atoms with Gasteiger partial charge in [0.15, 0.2) is 11.9 Å². The number of Topliss-reactive ketones (excluding diaryl/α,β-unsaturated/α-hetero) is 1. The number of nitrogens with one attached hydrogen (secondary N) is 1. The van der Waals surface area contributed by atoms with Crippen LogP contribution in [0.15, 0.2) is 23.0 Å². The first-order valence-electron chi connectivity index (χ1n) is 12.8. The summed E-state index contributed by atoms with van der Waals surface area (Å²) in [4.78, 5) is 49.0. The normalized spacial score (nSPS) is 17.9. The number of anilines is 1. The third-order valence-corrected chi connectivity index (χ3v) is 8.50. The van der Waals surface area contributed by atoms with Gasteiger partial charge in [-0.3, -0.25) is 23.9 Å². The number of aryl methyl sites for hydroxylation is 2. The van der Waals surface area contributed by atoms with Crippen molar-refractivity contribution in [3.63, 3.8) is 0 Å². The van der Waals surface area contributed by atoms with Gasteiger partial charge in [0.25, 0.3) is 11.5 Å². The van der Waals surface area contributed by atoms with Gasteiger partial charge in [0.05, 0.1) is 23.7 Å². The molecule has 0 saturated carbocycles. The predicted octanol–water partition coefficient (Wildman–Crippen LogP) is 4.34. The smallest absolute Gasteiger partial charge is 0.265 e. The number of ketones is 1. The summed E-state index contributed by atoms with van der Waals surface area (Å²) < 4.78 is 7.23. The zero-order chi connectivity index (χ0) is 25.6. The molecule has 0 saturated heterocycles. The molecule has 2 atom stereocenters. The van der Waals surface area contributed by atoms with Crippen LogP contribution in [-0.4, -0.2) is 45.3 Å². The fraction of sp³-hybridized carbons (Fsp3) is 0.481. The van der Waals surface area contributed by atoms with Crippen LogP contribution in [0.3, 0.4) is 0 Å². The summed E-state index contributed by atoms with van der Waals surface area (Å²) >= 11 is 1.63. The zero-order valence-corrected chi connectivity index (χ0v) is 22.0. The Balaban J connectivity index is 1.60. The Bertz CT molecular complexity index is 1400. The molecule has 5 rings (SSSR count). The molecule has 3 aromatic rings. The number of amides is 1. The maximum atomic E-state index is 14.0. The summed E-state index contributed by atoms with van der Waals surface area (Å²) in [5, 5.41) is 3.48. The van der Waals surface area contributed by atoms with Crippen molar-refractivity contribution in [1.29, 1.82) is 0 Å². The minimum absolute atomic E-state index is 0.133. The Morgan fingerprint density at radius 1 is 1.25 bits per heavy atom. The van der Waals surface area contributed by atoms with Gasteiger partial charge in [-0.2, -0.15) is 0 Å². The molecule has 0 bridgehead atoms. The fourth-order valence-electron chi connectivity index (χ4n) is 5.14. The van der Waals surface area contributed by atoms with Gasteiger partial charge in [-0.05, 0) is 76.4 Å². The third-order valence-electron chi connectivity index (χ3n) is 7.32. The molecule has 190 valence electrons. The number of ether oxygens (including phenoxy) is 1. The molecular formula is C27H32N4O4S. The number of carbonyl (C=O) groups is 2. The average Bonchev–Trinajstić information content (AvgIpc) is 3.25. The highest BCUT2D eigenvalue weighted by Crippen LogP contribution is 2.35. The Morgan fingerprint density at radius 2 is 2.00 bits per heavy atom. The standard InChI is InChI=1S/C27H32N4O4S/c1-5-30(6-2)14-22-29-26-23(18-9-7-8-10-21(18)36-26)27(34)31(22)15(3)24(32)17-11-12-20-19(13-17)28-25(33)16(4)35-20/h11-13,15-16H,5-10,14H2,1-4H3,(H,28,33). The number of fused-ring (bicyclic) bond motifs is 4. The number of benzene rings is 1. The average molecular weight is 509 g/mol. The molecule has 2 aliphatic rings. The van der Waals surface area contributed by atoms with Gasteiger partial charge in [-0.15, -0.1) is 11.3 Å². The van der Waals surface area contributed by atoms with E-state index in [-0.39, 0.29) is 17.2 Å². The molecule has 2 aromatic heterocycles. The zero-order valence-electron chi connectivity index (χ0n) is 21.2. The molecule has 0 spiro atoms. The Labute approximate surface area is 214 Å². The van der Waals surface area contributed by atoms with Crippen molar-refractivity contribution >= 4 is 38.9 Å². The number of nitrogens with zero attached hydrogens (tertiary/aromatic N) is 3. The molecule has 1 N–H and O–H groups in total. The first-order chi connectivity index (χ1) is 17.3.